The molecule has 0 bridgehead atoms. The van der Waals surface area contributed by atoms with E-state index < -0.39 is 11.9 Å². The van der Waals surface area contributed by atoms with E-state index in [-0.39, 0.29) is 5.70 Å². The number of hydrogen-bond donors (Lipinski definition) is 2. The monoisotopic (exact) mass is 248 g/mol. The summed E-state index contributed by atoms with van der Waals surface area (Å²) in [6.07, 6.45) is 1.03. The first-order chi connectivity index (χ1) is 8.43. The van der Waals surface area contributed by atoms with Crippen molar-refractivity contribution >= 4 is 17.6 Å². The highest BCUT2D eigenvalue weighted by Crippen LogP contribution is 2.17. The molecular weight excluding hydrogens is 232 g/mol. The summed E-state index contributed by atoms with van der Waals surface area (Å²) in [5.74, 6) is -1.36. The van der Waals surface area contributed by atoms with Gasteiger partial charge in [0.2, 0.25) is 0 Å². The minimum Gasteiger partial charge on any atom is -0.466 e. The summed E-state index contributed by atoms with van der Waals surface area (Å²) in [6, 6.07) is 5.67. The molecule has 3 N–H and O–H groups in total. The molecule has 0 atom stereocenters. The number of nitrogens with one attached hydrogen (secondary N) is 1. The fourth-order valence-electron chi connectivity index (χ4n) is 1.44. The molecule has 0 spiro atoms. The van der Waals surface area contributed by atoms with Crippen LogP contribution in [-0.2, 0) is 14.3 Å². The Morgan fingerprint density at radius 3 is 2.50 bits per heavy atom. The van der Waals surface area contributed by atoms with Gasteiger partial charge in [-0.1, -0.05) is 17.7 Å². The number of carbonyl (C=O) groups is 2. The Bertz CT molecular complexity index is 507. The van der Waals surface area contributed by atoms with Crippen molar-refractivity contribution in [3.63, 3.8) is 0 Å². The number of nitrogens with two attached hydrogens (primary N) is 1. The lowest BCUT2D eigenvalue weighted by Gasteiger charge is -2.11. The van der Waals surface area contributed by atoms with Crippen LogP contribution >= 0.6 is 0 Å². The second kappa shape index (κ2) is 5.86. The molecule has 0 fully saturated rings. The van der Waals surface area contributed by atoms with E-state index in [1.807, 2.05) is 32.0 Å². The van der Waals surface area contributed by atoms with Crippen LogP contribution in [-0.4, -0.2) is 19.0 Å². The molecule has 0 saturated heterocycles. The predicted molar refractivity (Wildman–Crippen MR) is 68.8 cm³/mol. The van der Waals surface area contributed by atoms with Gasteiger partial charge in [0, 0.05) is 5.69 Å². The molecule has 1 rings (SSSR count). The Kier molecular flexibility index (Phi) is 4.48. The van der Waals surface area contributed by atoms with E-state index in [2.05, 4.69) is 10.1 Å². The molecule has 0 aliphatic rings. The first kappa shape index (κ1) is 13.8. The maximum Gasteiger partial charge on any atom is 0.332 e. The van der Waals surface area contributed by atoms with Gasteiger partial charge in [-0.15, -0.1) is 0 Å². The maximum absolute atomic E-state index is 11.2. The number of hydrogen-bond acceptors (Lipinski definition) is 4. The quantitative estimate of drug-likeness (QED) is 0.620. The molecule has 1 amide bonds. The molecule has 0 radical (unpaired) electrons. The number of carbonyl (C=O) groups excluding carboxylic acids is 2. The van der Waals surface area contributed by atoms with Crippen molar-refractivity contribution in [1.29, 1.82) is 0 Å². The van der Waals surface area contributed by atoms with Gasteiger partial charge in [-0.3, -0.25) is 4.79 Å². The lowest BCUT2D eigenvalue weighted by atomic mass is 10.1. The number of methoxy groups -OCH3 is 1. The minimum atomic E-state index is -0.722. The number of anilines is 1. The van der Waals surface area contributed by atoms with Crippen LogP contribution in [0.5, 0.6) is 0 Å². The van der Waals surface area contributed by atoms with Crippen molar-refractivity contribution in [1.82, 2.24) is 0 Å². The van der Waals surface area contributed by atoms with Gasteiger partial charge >= 0.3 is 5.97 Å². The maximum atomic E-state index is 11.2. The molecule has 5 heteroatoms. The molecular formula is C13H16N2O3. The number of ether oxygens (including phenoxy) is 1. The summed E-state index contributed by atoms with van der Waals surface area (Å²) in [7, 11) is 1.23. The summed E-state index contributed by atoms with van der Waals surface area (Å²) in [4.78, 5) is 22.3. The van der Waals surface area contributed by atoms with E-state index in [1.165, 1.54) is 7.11 Å². The van der Waals surface area contributed by atoms with Crippen LogP contribution in [0, 0.1) is 13.8 Å². The Morgan fingerprint density at radius 1 is 1.33 bits per heavy atom. The van der Waals surface area contributed by atoms with Gasteiger partial charge in [0.05, 0.1) is 13.2 Å². The molecule has 0 unspecified atom stereocenters. The van der Waals surface area contributed by atoms with Crippen LogP contribution in [0.3, 0.4) is 0 Å². The van der Waals surface area contributed by atoms with Crippen molar-refractivity contribution in [3.8, 4) is 0 Å². The Hall–Kier alpha value is -2.30. The summed E-state index contributed by atoms with van der Waals surface area (Å²) in [5, 5.41) is 2.82. The third kappa shape index (κ3) is 3.62. The van der Waals surface area contributed by atoms with E-state index in [0.29, 0.717) is 0 Å². The number of benzene rings is 1. The molecule has 0 heterocycles. The van der Waals surface area contributed by atoms with Crippen molar-refractivity contribution in [2.75, 3.05) is 12.4 Å². The van der Waals surface area contributed by atoms with Gasteiger partial charge in [-0.05, 0) is 25.5 Å². The number of primary amides is 1. The first-order valence-corrected chi connectivity index (χ1v) is 5.37. The number of aryl methyl sites for hydroxylation is 2. The second-order valence-corrected chi connectivity index (χ2v) is 3.89. The van der Waals surface area contributed by atoms with Crippen molar-refractivity contribution in [2.24, 2.45) is 5.73 Å². The Labute approximate surface area is 106 Å². The number of rotatable bonds is 4. The van der Waals surface area contributed by atoms with Crippen LogP contribution in [0.25, 0.3) is 0 Å². The van der Waals surface area contributed by atoms with Crippen molar-refractivity contribution < 1.29 is 14.3 Å². The summed E-state index contributed by atoms with van der Waals surface area (Å²) < 4.78 is 4.45. The zero-order chi connectivity index (χ0) is 13.7. The van der Waals surface area contributed by atoms with Crippen molar-refractivity contribution in [3.05, 3.63) is 41.1 Å². The third-order valence-corrected chi connectivity index (χ3v) is 2.38. The molecule has 0 aliphatic carbocycles. The van der Waals surface area contributed by atoms with Crippen molar-refractivity contribution in [2.45, 2.75) is 13.8 Å². The predicted octanol–water partition coefficient (Wildman–Crippen LogP) is 1.26. The van der Waals surface area contributed by atoms with Gasteiger partial charge in [-0.25, -0.2) is 4.79 Å². The second-order valence-electron chi connectivity index (χ2n) is 3.89. The van der Waals surface area contributed by atoms with Crippen LogP contribution < -0.4 is 11.1 Å². The fourth-order valence-corrected chi connectivity index (χ4v) is 1.44. The summed E-state index contributed by atoms with van der Waals surface area (Å²) in [6.45, 7) is 3.86. The van der Waals surface area contributed by atoms with E-state index in [0.717, 1.165) is 22.9 Å². The zero-order valence-corrected chi connectivity index (χ0v) is 10.6. The highest BCUT2D eigenvalue weighted by molar-refractivity contribution is 6.00. The number of esters is 1. The fraction of sp³-hybridized carbons (Fsp3) is 0.231. The molecule has 96 valence electrons. The average Bonchev–Trinajstić information content (AvgIpc) is 2.30. The van der Waals surface area contributed by atoms with E-state index >= 15 is 0 Å². The molecule has 0 saturated carbocycles. The first-order valence-electron chi connectivity index (χ1n) is 5.37. The molecule has 0 aliphatic heterocycles. The highest BCUT2D eigenvalue weighted by atomic mass is 16.5. The van der Waals surface area contributed by atoms with Crippen LogP contribution in [0.1, 0.15) is 11.1 Å². The molecule has 1 aromatic carbocycles. The molecule has 0 aromatic heterocycles. The smallest absolute Gasteiger partial charge is 0.332 e. The van der Waals surface area contributed by atoms with Gasteiger partial charge in [0.1, 0.15) is 5.70 Å². The van der Waals surface area contributed by atoms with E-state index in [9.17, 15) is 9.59 Å². The lowest BCUT2D eigenvalue weighted by Crippen LogP contribution is -2.21. The molecule has 18 heavy (non-hydrogen) atoms. The zero-order valence-electron chi connectivity index (χ0n) is 10.6. The normalized spacial score (nSPS) is 10.9. The lowest BCUT2D eigenvalue weighted by molar-refractivity contribution is -0.135. The number of amides is 1. The van der Waals surface area contributed by atoms with Gasteiger partial charge < -0.3 is 15.8 Å². The van der Waals surface area contributed by atoms with Crippen LogP contribution in [0.4, 0.5) is 5.69 Å². The highest BCUT2D eigenvalue weighted by Gasteiger charge is 2.09. The van der Waals surface area contributed by atoms with Crippen LogP contribution in [0.2, 0.25) is 0 Å². The van der Waals surface area contributed by atoms with Gasteiger partial charge in [0.15, 0.2) is 0 Å². The summed E-state index contributed by atoms with van der Waals surface area (Å²) >= 11 is 0. The minimum absolute atomic E-state index is 0.00574. The Morgan fingerprint density at radius 2 is 2.00 bits per heavy atom. The van der Waals surface area contributed by atoms with Gasteiger partial charge in [0.25, 0.3) is 5.91 Å². The topological polar surface area (TPSA) is 81.4 Å². The molecule has 5 nitrogen and oxygen atoms in total. The van der Waals surface area contributed by atoms with E-state index in [4.69, 9.17) is 5.73 Å². The van der Waals surface area contributed by atoms with Gasteiger partial charge in [-0.2, -0.15) is 0 Å². The Balaban J connectivity index is 3.01. The molecule has 1 aromatic rings. The largest absolute Gasteiger partial charge is 0.466 e. The van der Waals surface area contributed by atoms with E-state index in [1.54, 1.807) is 0 Å². The van der Waals surface area contributed by atoms with Crippen LogP contribution in [0.15, 0.2) is 30.0 Å². The third-order valence-electron chi connectivity index (χ3n) is 2.38. The average molecular weight is 248 g/mol. The standard InChI is InChI=1S/C13H16N2O3/c1-8-4-5-10(9(2)6-8)15-11(13(14)17)7-12(16)18-3/h4-7,15H,1-3H3,(H2,14,17)/b11-7-. The summed E-state index contributed by atoms with van der Waals surface area (Å²) in [5.41, 5.74) is 7.96. The SMILES string of the molecule is COC(=O)/C=C(\Nc1ccc(C)cc1C)C(N)=O.